The zero-order valence-corrected chi connectivity index (χ0v) is 11.9. The van der Waals surface area contributed by atoms with Crippen molar-refractivity contribution in [2.75, 3.05) is 0 Å². The van der Waals surface area contributed by atoms with Crippen LogP contribution in [0.3, 0.4) is 0 Å². The zero-order valence-electron chi connectivity index (χ0n) is 11.9. The quantitative estimate of drug-likeness (QED) is 0.725. The summed E-state index contributed by atoms with van der Waals surface area (Å²) in [6.07, 6.45) is 1.34. The minimum Gasteiger partial charge on any atom is -0.328 e. The lowest BCUT2D eigenvalue weighted by molar-refractivity contribution is 0.0718. The molecule has 0 radical (unpaired) electrons. The molecule has 1 aromatic heterocycles. The third-order valence-electron chi connectivity index (χ3n) is 3.30. The fraction of sp³-hybridized carbons (Fsp3) is 0.118. The Morgan fingerprint density at radius 2 is 1.45 bits per heavy atom. The first-order valence-electron chi connectivity index (χ1n) is 6.97. The molecular weight excluding hydrogens is 278 g/mol. The van der Waals surface area contributed by atoms with E-state index in [0.29, 0.717) is 13.1 Å². The predicted octanol–water partition coefficient (Wildman–Crippen LogP) is 2.91. The van der Waals surface area contributed by atoms with Crippen molar-refractivity contribution < 1.29 is 9.42 Å². The van der Waals surface area contributed by atoms with Gasteiger partial charge in [0.15, 0.2) is 5.69 Å². The van der Waals surface area contributed by atoms with Gasteiger partial charge < -0.3 is 4.90 Å². The Kier molecular flexibility index (Phi) is 4.25. The molecule has 1 heterocycles. The summed E-state index contributed by atoms with van der Waals surface area (Å²) in [5.41, 5.74) is 2.33. The molecule has 0 atom stereocenters. The Balaban J connectivity index is 1.83. The molecule has 0 bridgehead atoms. The van der Waals surface area contributed by atoms with E-state index in [0.717, 1.165) is 11.1 Å². The summed E-state index contributed by atoms with van der Waals surface area (Å²) < 4.78 is 4.54. The highest BCUT2D eigenvalue weighted by molar-refractivity contribution is 5.91. The van der Waals surface area contributed by atoms with E-state index in [2.05, 4.69) is 14.9 Å². The van der Waals surface area contributed by atoms with Crippen LogP contribution in [0.1, 0.15) is 21.6 Å². The molecule has 0 spiro atoms. The summed E-state index contributed by atoms with van der Waals surface area (Å²) >= 11 is 0. The number of nitrogens with zero attached hydrogens (tertiary/aromatic N) is 3. The van der Waals surface area contributed by atoms with Gasteiger partial charge in [0.1, 0.15) is 6.20 Å². The number of rotatable bonds is 5. The molecule has 0 saturated carbocycles. The molecule has 3 rings (SSSR count). The van der Waals surface area contributed by atoms with Crippen LogP contribution in [-0.4, -0.2) is 21.1 Å². The summed E-state index contributed by atoms with van der Waals surface area (Å²) in [6.45, 7) is 1.00. The second-order valence-electron chi connectivity index (χ2n) is 4.93. The Bertz CT molecular complexity index is 671. The van der Waals surface area contributed by atoms with Crippen LogP contribution in [0.25, 0.3) is 0 Å². The van der Waals surface area contributed by atoms with Crippen molar-refractivity contribution in [2.45, 2.75) is 13.1 Å². The smallest absolute Gasteiger partial charge is 0.278 e. The highest BCUT2D eigenvalue weighted by atomic mass is 16.6. The van der Waals surface area contributed by atoms with Gasteiger partial charge in [-0.2, -0.15) is 0 Å². The lowest BCUT2D eigenvalue weighted by Crippen LogP contribution is -2.30. The van der Waals surface area contributed by atoms with E-state index in [-0.39, 0.29) is 11.6 Å². The SMILES string of the molecule is O=C(c1cnon1)N(Cc1ccccc1)Cc1ccccc1. The molecule has 1 amide bonds. The van der Waals surface area contributed by atoms with Crippen molar-refractivity contribution in [2.24, 2.45) is 0 Å². The van der Waals surface area contributed by atoms with E-state index in [1.165, 1.54) is 6.20 Å². The molecule has 0 aliphatic heterocycles. The first-order valence-corrected chi connectivity index (χ1v) is 6.97. The van der Waals surface area contributed by atoms with Crippen LogP contribution in [0, 0.1) is 0 Å². The van der Waals surface area contributed by atoms with Crippen molar-refractivity contribution in [3.63, 3.8) is 0 Å². The van der Waals surface area contributed by atoms with Crippen LogP contribution >= 0.6 is 0 Å². The normalized spacial score (nSPS) is 10.4. The second-order valence-corrected chi connectivity index (χ2v) is 4.93. The van der Waals surface area contributed by atoms with Gasteiger partial charge in [-0.05, 0) is 16.3 Å². The molecule has 0 aliphatic rings. The lowest BCUT2D eigenvalue weighted by atomic mass is 10.1. The summed E-state index contributed by atoms with van der Waals surface area (Å²) in [4.78, 5) is 14.3. The molecule has 2 aromatic carbocycles. The Morgan fingerprint density at radius 3 is 1.91 bits per heavy atom. The molecule has 5 heteroatoms. The Hall–Kier alpha value is -2.95. The van der Waals surface area contributed by atoms with E-state index in [1.54, 1.807) is 4.90 Å². The fourth-order valence-corrected chi connectivity index (χ4v) is 2.23. The molecule has 0 saturated heterocycles. The molecule has 22 heavy (non-hydrogen) atoms. The molecular formula is C17H15N3O2. The van der Waals surface area contributed by atoms with Crippen LogP contribution in [0.5, 0.6) is 0 Å². The van der Waals surface area contributed by atoms with Gasteiger partial charge in [-0.3, -0.25) is 4.79 Å². The average Bonchev–Trinajstić information content (AvgIpc) is 3.10. The monoisotopic (exact) mass is 293 g/mol. The van der Waals surface area contributed by atoms with Gasteiger partial charge in [-0.1, -0.05) is 65.8 Å². The molecule has 0 unspecified atom stereocenters. The van der Waals surface area contributed by atoms with E-state index in [1.807, 2.05) is 60.7 Å². The van der Waals surface area contributed by atoms with Crippen molar-refractivity contribution in [3.05, 3.63) is 83.7 Å². The molecule has 3 aromatic rings. The number of carbonyl (C=O) groups excluding carboxylic acids is 1. The molecule has 5 nitrogen and oxygen atoms in total. The molecule has 110 valence electrons. The average molecular weight is 293 g/mol. The van der Waals surface area contributed by atoms with Gasteiger partial charge in [-0.15, -0.1) is 0 Å². The van der Waals surface area contributed by atoms with Gasteiger partial charge >= 0.3 is 0 Å². The van der Waals surface area contributed by atoms with Crippen molar-refractivity contribution in [1.29, 1.82) is 0 Å². The zero-order chi connectivity index (χ0) is 15.2. The number of hydrogen-bond donors (Lipinski definition) is 0. The van der Waals surface area contributed by atoms with E-state index < -0.39 is 0 Å². The minimum atomic E-state index is -0.200. The highest BCUT2D eigenvalue weighted by Gasteiger charge is 2.19. The number of carbonyl (C=O) groups is 1. The maximum absolute atomic E-state index is 12.6. The van der Waals surface area contributed by atoms with E-state index >= 15 is 0 Å². The number of aromatic nitrogens is 2. The fourth-order valence-electron chi connectivity index (χ4n) is 2.23. The van der Waals surface area contributed by atoms with Crippen LogP contribution in [-0.2, 0) is 13.1 Å². The lowest BCUT2D eigenvalue weighted by Gasteiger charge is -2.21. The van der Waals surface area contributed by atoms with Crippen molar-refractivity contribution in [1.82, 2.24) is 15.2 Å². The summed E-state index contributed by atoms with van der Waals surface area (Å²) in [7, 11) is 0. The second kappa shape index (κ2) is 6.67. The van der Waals surface area contributed by atoms with Crippen molar-refractivity contribution >= 4 is 5.91 Å². The van der Waals surface area contributed by atoms with Gasteiger partial charge in [-0.25, -0.2) is 4.63 Å². The van der Waals surface area contributed by atoms with Crippen LogP contribution < -0.4 is 0 Å². The number of hydrogen-bond acceptors (Lipinski definition) is 4. The van der Waals surface area contributed by atoms with Gasteiger partial charge in [0.25, 0.3) is 5.91 Å². The number of amides is 1. The maximum Gasteiger partial charge on any atom is 0.278 e. The largest absolute Gasteiger partial charge is 0.328 e. The standard InChI is InChI=1S/C17H15N3O2/c21-17(16-11-18-22-19-16)20(12-14-7-3-1-4-8-14)13-15-9-5-2-6-10-15/h1-11H,12-13H2. The topological polar surface area (TPSA) is 59.2 Å². The van der Waals surface area contributed by atoms with Crippen LogP contribution in [0.2, 0.25) is 0 Å². The van der Waals surface area contributed by atoms with Gasteiger partial charge in [0, 0.05) is 13.1 Å². The summed E-state index contributed by atoms with van der Waals surface area (Å²) in [5, 5.41) is 7.15. The summed E-state index contributed by atoms with van der Waals surface area (Å²) in [5.74, 6) is -0.200. The van der Waals surface area contributed by atoms with Crippen LogP contribution in [0.4, 0.5) is 0 Å². The molecule has 0 aliphatic carbocycles. The third kappa shape index (κ3) is 3.38. The first-order chi connectivity index (χ1) is 10.8. The summed E-state index contributed by atoms with van der Waals surface area (Å²) in [6, 6.07) is 19.7. The third-order valence-corrected chi connectivity index (χ3v) is 3.30. The van der Waals surface area contributed by atoms with Crippen LogP contribution in [0.15, 0.2) is 71.5 Å². The maximum atomic E-state index is 12.6. The van der Waals surface area contributed by atoms with Gasteiger partial charge in [0.05, 0.1) is 0 Å². The first kappa shape index (κ1) is 14.0. The number of benzene rings is 2. The van der Waals surface area contributed by atoms with E-state index in [9.17, 15) is 4.79 Å². The highest BCUT2D eigenvalue weighted by Crippen LogP contribution is 2.13. The molecule has 0 N–H and O–H groups in total. The Labute approximate surface area is 128 Å². The van der Waals surface area contributed by atoms with E-state index in [4.69, 9.17) is 0 Å². The van der Waals surface area contributed by atoms with Crippen molar-refractivity contribution in [3.8, 4) is 0 Å². The minimum absolute atomic E-state index is 0.200. The van der Waals surface area contributed by atoms with Gasteiger partial charge in [0.2, 0.25) is 0 Å². The predicted molar refractivity (Wildman–Crippen MR) is 80.8 cm³/mol. The molecule has 0 fully saturated rings. The Morgan fingerprint density at radius 1 is 0.909 bits per heavy atom.